The Morgan fingerprint density at radius 2 is 1.75 bits per heavy atom. The number of phenols is 1. The molecule has 0 amide bonds. The molecule has 4 rings (SSSR count). The summed E-state index contributed by atoms with van der Waals surface area (Å²) in [7, 11) is 2.01. The fourth-order valence-corrected chi connectivity index (χ4v) is 4.55. The highest BCUT2D eigenvalue weighted by Crippen LogP contribution is 2.34. The van der Waals surface area contributed by atoms with Crippen LogP contribution in [0.3, 0.4) is 0 Å². The number of piperidine rings is 1. The van der Waals surface area contributed by atoms with Gasteiger partial charge in [0.2, 0.25) is 17.7 Å². The molecule has 0 spiro atoms. The van der Waals surface area contributed by atoms with E-state index in [2.05, 4.69) is 63.3 Å². The van der Waals surface area contributed by atoms with Gasteiger partial charge in [0.15, 0.2) is 0 Å². The third-order valence-corrected chi connectivity index (χ3v) is 5.63. The Balaban J connectivity index is 0.00000289. The number of benzene rings is 1. The van der Waals surface area contributed by atoms with Gasteiger partial charge in [-0.15, -0.1) is 32.8 Å². The van der Waals surface area contributed by atoms with Crippen LogP contribution in [0.4, 0.5) is 5.95 Å². The molecule has 32 heavy (non-hydrogen) atoms. The van der Waals surface area contributed by atoms with Crippen LogP contribution in [0.25, 0.3) is 22.7 Å². The highest BCUT2D eigenvalue weighted by Gasteiger charge is 2.39. The number of nitrogens with zero attached hydrogens (tertiary/aromatic N) is 6. The molecule has 1 aliphatic heterocycles. The molecule has 0 unspecified atom stereocenters. The number of aromatic hydroxyl groups is 1. The van der Waals surface area contributed by atoms with E-state index in [1.807, 2.05) is 7.05 Å². The minimum atomic E-state index is 0. The largest absolute Gasteiger partial charge is 0.507 e. The van der Waals surface area contributed by atoms with Gasteiger partial charge in [0, 0.05) is 42.2 Å². The van der Waals surface area contributed by atoms with Crippen LogP contribution in [0.2, 0.25) is 0 Å². The monoisotopic (exact) mass is 459 g/mol. The molecule has 3 heterocycles. The van der Waals surface area contributed by atoms with E-state index in [0.717, 1.165) is 12.8 Å². The fraction of sp³-hybridized carbons (Fsp3) is 0.500. The van der Waals surface area contributed by atoms with Crippen molar-refractivity contribution in [1.82, 2.24) is 30.7 Å². The van der Waals surface area contributed by atoms with E-state index in [0.29, 0.717) is 40.6 Å². The number of hydrogen-bond donors (Lipinski definition) is 2. The lowest BCUT2D eigenvalue weighted by Crippen LogP contribution is -2.62. The number of nitrogens with one attached hydrogen (secondary N) is 1. The van der Waals surface area contributed by atoms with Crippen LogP contribution < -0.4 is 10.2 Å². The molecule has 0 bridgehead atoms. The predicted octanol–water partition coefficient (Wildman–Crippen LogP) is 3.77. The second-order valence-electron chi connectivity index (χ2n) is 9.57. The minimum Gasteiger partial charge on any atom is -0.507 e. The van der Waals surface area contributed by atoms with E-state index in [-0.39, 0.29) is 29.2 Å². The van der Waals surface area contributed by atoms with E-state index in [1.54, 1.807) is 31.3 Å². The van der Waals surface area contributed by atoms with Crippen molar-refractivity contribution >= 4 is 18.4 Å². The van der Waals surface area contributed by atoms with E-state index in [9.17, 15) is 5.11 Å². The quantitative estimate of drug-likeness (QED) is 0.601. The van der Waals surface area contributed by atoms with Crippen molar-refractivity contribution in [3.63, 3.8) is 0 Å². The summed E-state index contributed by atoms with van der Waals surface area (Å²) in [5, 5.41) is 30.7. The maximum absolute atomic E-state index is 10.5. The molecule has 1 saturated heterocycles. The number of aromatic nitrogens is 5. The first-order chi connectivity index (χ1) is 14.5. The second-order valence-corrected chi connectivity index (χ2v) is 9.57. The van der Waals surface area contributed by atoms with Crippen LogP contribution in [0.15, 0.2) is 28.8 Å². The Morgan fingerprint density at radius 3 is 2.28 bits per heavy atom. The summed E-state index contributed by atoms with van der Waals surface area (Å²) in [6, 6.07) is 5.41. The topological polar surface area (TPSA) is 113 Å². The predicted molar refractivity (Wildman–Crippen MR) is 125 cm³/mol. The first-order valence-electron chi connectivity index (χ1n) is 10.4. The summed E-state index contributed by atoms with van der Waals surface area (Å²) in [5.41, 5.74) is 1.72. The Bertz CT molecular complexity index is 1070. The second kappa shape index (κ2) is 8.63. The van der Waals surface area contributed by atoms with Crippen molar-refractivity contribution in [2.24, 2.45) is 0 Å². The molecule has 10 heteroatoms. The fourth-order valence-electron chi connectivity index (χ4n) is 4.55. The number of rotatable bonds is 4. The average molecular weight is 460 g/mol. The van der Waals surface area contributed by atoms with Gasteiger partial charge in [-0.1, -0.05) is 0 Å². The molecule has 2 N–H and O–H groups in total. The normalized spacial score (nSPS) is 17.6. The zero-order valence-corrected chi connectivity index (χ0v) is 20.1. The molecular weight excluding hydrogens is 430 g/mol. The molecule has 3 aromatic rings. The molecule has 1 aliphatic rings. The van der Waals surface area contributed by atoms with Crippen LogP contribution in [0.1, 0.15) is 46.4 Å². The molecule has 172 valence electrons. The van der Waals surface area contributed by atoms with Crippen LogP contribution in [0, 0.1) is 6.92 Å². The summed E-state index contributed by atoms with van der Waals surface area (Å²) >= 11 is 0. The summed E-state index contributed by atoms with van der Waals surface area (Å²) < 4.78 is 5.42. The lowest BCUT2D eigenvalue weighted by atomic mass is 9.79. The zero-order valence-electron chi connectivity index (χ0n) is 19.2. The van der Waals surface area contributed by atoms with E-state index in [1.165, 1.54) is 0 Å². The summed E-state index contributed by atoms with van der Waals surface area (Å²) in [6.45, 7) is 10.6. The molecule has 0 saturated carbocycles. The Hall–Kier alpha value is -2.78. The zero-order chi connectivity index (χ0) is 22.4. The maximum Gasteiger partial charge on any atom is 0.247 e. The summed E-state index contributed by atoms with van der Waals surface area (Å²) in [5.74, 6) is 1.44. The highest BCUT2D eigenvalue weighted by molar-refractivity contribution is 5.85. The van der Waals surface area contributed by atoms with Crippen LogP contribution in [0.5, 0.6) is 5.75 Å². The third-order valence-electron chi connectivity index (χ3n) is 5.63. The molecule has 1 fully saturated rings. The van der Waals surface area contributed by atoms with Crippen LogP contribution in [-0.2, 0) is 0 Å². The molecule has 0 aliphatic carbocycles. The van der Waals surface area contributed by atoms with Crippen molar-refractivity contribution < 1.29 is 9.52 Å². The number of phenolic OH excluding ortho intramolecular Hbond substituents is 1. The standard InChI is InChI=1S/C22H29N7O2.ClH/c1-13-24-26-19(31-13)14-7-8-16(18(30)9-14)17-12-23-20(27-25-17)29(6)15-10-21(2,3)28-22(4,5)11-15;/h7-9,12,15,28,30H,10-11H2,1-6H3;1H. The van der Waals surface area contributed by atoms with Crippen molar-refractivity contribution in [2.45, 2.75) is 64.6 Å². The maximum atomic E-state index is 10.5. The first-order valence-corrected chi connectivity index (χ1v) is 10.4. The SMILES string of the molecule is Cc1nnc(-c2ccc(-c3cnc(N(C)C4CC(C)(C)NC(C)(C)C4)nn3)c(O)c2)o1.Cl. The highest BCUT2D eigenvalue weighted by atomic mass is 35.5. The van der Waals surface area contributed by atoms with Gasteiger partial charge in [0.05, 0.1) is 6.20 Å². The van der Waals surface area contributed by atoms with Gasteiger partial charge in [-0.25, -0.2) is 4.98 Å². The van der Waals surface area contributed by atoms with Crippen molar-refractivity contribution in [3.8, 4) is 28.5 Å². The molecule has 2 aromatic heterocycles. The third kappa shape index (κ3) is 4.99. The molecular formula is C22H30ClN7O2. The van der Waals surface area contributed by atoms with Gasteiger partial charge in [-0.3, -0.25) is 0 Å². The van der Waals surface area contributed by atoms with E-state index >= 15 is 0 Å². The molecule has 9 nitrogen and oxygen atoms in total. The molecule has 0 atom stereocenters. The van der Waals surface area contributed by atoms with Crippen LogP contribution >= 0.6 is 12.4 Å². The van der Waals surface area contributed by atoms with Crippen molar-refractivity contribution in [1.29, 1.82) is 0 Å². The lowest BCUT2D eigenvalue weighted by Gasteiger charge is -2.48. The minimum absolute atomic E-state index is 0. The van der Waals surface area contributed by atoms with Crippen molar-refractivity contribution in [2.75, 3.05) is 11.9 Å². The van der Waals surface area contributed by atoms with Crippen molar-refractivity contribution in [3.05, 3.63) is 30.3 Å². The summed E-state index contributed by atoms with van der Waals surface area (Å²) in [4.78, 5) is 6.63. The van der Waals surface area contributed by atoms with Gasteiger partial charge >= 0.3 is 0 Å². The Morgan fingerprint density at radius 1 is 1.06 bits per heavy atom. The van der Waals surface area contributed by atoms with E-state index < -0.39 is 0 Å². The smallest absolute Gasteiger partial charge is 0.247 e. The number of aryl methyl sites for hydroxylation is 1. The van der Waals surface area contributed by atoms with Gasteiger partial charge in [0.1, 0.15) is 11.4 Å². The molecule has 0 radical (unpaired) electrons. The average Bonchev–Trinajstić information content (AvgIpc) is 3.11. The van der Waals surface area contributed by atoms with Crippen LogP contribution in [-0.4, -0.2) is 54.7 Å². The number of anilines is 1. The lowest BCUT2D eigenvalue weighted by molar-refractivity contribution is 0.160. The summed E-state index contributed by atoms with van der Waals surface area (Å²) in [6.07, 6.45) is 3.60. The van der Waals surface area contributed by atoms with Gasteiger partial charge in [0.25, 0.3) is 0 Å². The van der Waals surface area contributed by atoms with Gasteiger partial charge in [-0.05, 0) is 58.7 Å². The number of hydrogen-bond acceptors (Lipinski definition) is 9. The van der Waals surface area contributed by atoms with Gasteiger partial charge < -0.3 is 19.7 Å². The molecule has 1 aromatic carbocycles. The Labute approximate surface area is 194 Å². The Kier molecular flexibility index (Phi) is 6.44. The van der Waals surface area contributed by atoms with Gasteiger partial charge in [-0.2, -0.15) is 0 Å². The first kappa shape index (κ1) is 23.9. The number of halogens is 1. The van der Waals surface area contributed by atoms with E-state index in [4.69, 9.17) is 4.42 Å².